The molecular weight excluding hydrogens is 266 g/mol. The van der Waals surface area contributed by atoms with E-state index in [1.54, 1.807) is 18.3 Å². The van der Waals surface area contributed by atoms with Crippen molar-refractivity contribution in [1.29, 1.82) is 0 Å². The number of hydrogen-bond donors (Lipinski definition) is 0. The SMILES string of the molecule is Cc1ncccc1-c1ccc([OH2+])cc1OC1CCOCC1. The summed E-state index contributed by atoms with van der Waals surface area (Å²) in [6.45, 7) is 3.47. The van der Waals surface area contributed by atoms with E-state index in [4.69, 9.17) is 14.6 Å². The third-order valence-corrected chi connectivity index (χ3v) is 3.74. The highest BCUT2D eigenvalue weighted by Crippen LogP contribution is 2.35. The fourth-order valence-electron chi connectivity index (χ4n) is 2.58. The molecule has 3 rings (SSSR count). The van der Waals surface area contributed by atoms with Crippen molar-refractivity contribution in [2.24, 2.45) is 0 Å². The Kier molecular flexibility index (Phi) is 4.06. The zero-order chi connectivity index (χ0) is 14.7. The molecule has 1 aliphatic rings. The second-order valence-electron chi connectivity index (χ2n) is 5.28. The van der Waals surface area contributed by atoms with Crippen molar-refractivity contribution in [3.05, 3.63) is 42.2 Å². The predicted octanol–water partition coefficient (Wildman–Crippen LogP) is 3.05. The molecule has 21 heavy (non-hydrogen) atoms. The van der Waals surface area contributed by atoms with E-state index < -0.39 is 0 Å². The molecule has 1 saturated heterocycles. The summed E-state index contributed by atoms with van der Waals surface area (Å²) in [4.78, 5) is 4.34. The van der Waals surface area contributed by atoms with Crippen molar-refractivity contribution < 1.29 is 14.6 Å². The molecular formula is C17H20NO3+. The van der Waals surface area contributed by atoms with Crippen LogP contribution < -0.4 is 4.74 Å². The molecule has 1 aliphatic heterocycles. The van der Waals surface area contributed by atoms with Crippen LogP contribution in [0.25, 0.3) is 11.1 Å². The van der Waals surface area contributed by atoms with Gasteiger partial charge in [0.2, 0.25) is 0 Å². The molecule has 4 heteroatoms. The lowest BCUT2D eigenvalue weighted by atomic mass is 10.0. The van der Waals surface area contributed by atoms with Gasteiger partial charge in [0.25, 0.3) is 5.75 Å². The molecule has 0 unspecified atom stereocenters. The van der Waals surface area contributed by atoms with Crippen LogP contribution in [-0.2, 0) is 4.74 Å². The second-order valence-corrected chi connectivity index (χ2v) is 5.28. The van der Waals surface area contributed by atoms with E-state index in [2.05, 4.69) is 4.98 Å². The number of aryl methyl sites for hydroxylation is 1. The third kappa shape index (κ3) is 3.16. The molecule has 0 radical (unpaired) electrons. The molecule has 0 amide bonds. The summed E-state index contributed by atoms with van der Waals surface area (Å²) in [6, 6.07) is 9.49. The minimum Gasteiger partial charge on any atom is -0.593 e. The molecule has 2 heterocycles. The van der Waals surface area contributed by atoms with Crippen LogP contribution in [0.4, 0.5) is 0 Å². The van der Waals surface area contributed by atoms with Crippen LogP contribution >= 0.6 is 0 Å². The lowest BCUT2D eigenvalue weighted by Gasteiger charge is -2.24. The highest BCUT2D eigenvalue weighted by molar-refractivity contribution is 5.73. The van der Waals surface area contributed by atoms with Gasteiger partial charge in [-0.15, -0.1) is 0 Å². The van der Waals surface area contributed by atoms with E-state index >= 15 is 0 Å². The van der Waals surface area contributed by atoms with Crippen LogP contribution in [-0.4, -0.2) is 29.4 Å². The summed E-state index contributed by atoms with van der Waals surface area (Å²) in [6.07, 6.45) is 3.74. The maximum absolute atomic E-state index is 7.85. The zero-order valence-electron chi connectivity index (χ0n) is 12.1. The van der Waals surface area contributed by atoms with Crippen LogP contribution in [0.15, 0.2) is 36.5 Å². The largest absolute Gasteiger partial charge is 0.593 e. The Morgan fingerprint density at radius 3 is 2.76 bits per heavy atom. The molecule has 2 N–H and O–H groups in total. The first-order valence-electron chi connectivity index (χ1n) is 7.26. The van der Waals surface area contributed by atoms with E-state index in [9.17, 15) is 0 Å². The molecule has 1 fully saturated rings. The van der Waals surface area contributed by atoms with Gasteiger partial charge in [-0.1, -0.05) is 6.07 Å². The number of ether oxygens (including phenoxy) is 2. The Morgan fingerprint density at radius 1 is 1.19 bits per heavy atom. The van der Waals surface area contributed by atoms with Gasteiger partial charge in [0.15, 0.2) is 0 Å². The summed E-state index contributed by atoms with van der Waals surface area (Å²) < 4.78 is 11.5. The first kappa shape index (κ1) is 13.9. The molecule has 0 atom stereocenters. The first-order chi connectivity index (χ1) is 10.2. The van der Waals surface area contributed by atoms with Gasteiger partial charge in [-0.05, 0) is 19.1 Å². The smallest absolute Gasteiger partial charge is 0.257 e. The third-order valence-electron chi connectivity index (χ3n) is 3.74. The van der Waals surface area contributed by atoms with Crippen molar-refractivity contribution in [3.63, 3.8) is 0 Å². The second kappa shape index (κ2) is 6.14. The number of nitrogens with zero attached hydrogens (tertiary/aromatic N) is 1. The Labute approximate surface area is 124 Å². The van der Waals surface area contributed by atoms with Crippen LogP contribution in [0.3, 0.4) is 0 Å². The standard InChI is InChI=1S/C17H19NO3/c1-12-15(3-2-8-18-12)16-5-4-13(19)11-17(16)21-14-6-9-20-10-7-14/h2-5,8,11,14,19H,6-7,9-10H2,1H3/p+1. The Morgan fingerprint density at radius 2 is 2.00 bits per heavy atom. The molecule has 0 bridgehead atoms. The number of rotatable bonds is 3. The van der Waals surface area contributed by atoms with Gasteiger partial charge in [-0.2, -0.15) is 0 Å². The normalized spacial score (nSPS) is 15.9. The summed E-state index contributed by atoms with van der Waals surface area (Å²) in [5, 5.41) is 7.85. The van der Waals surface area contributed by atoms with E-state index in [0.717, 1.165) is 48.6 Å². The number of hydrogen-bond acceptors (Lipinski definition) is 3. The quantitative estimate of drug-likeness (QED) is 0.815. The predicted molar refractivity (Wildman–Crippen MR) is 81.9 cm³/mol. The molecule has 2 aromatic rings. The van der Waals surface area contributed by atoms with Gasteiger partial charge < -0.3 is 14.6 Å². The van der Waals surface area contributed by atoms with Crippen molar-refractivity contribution >= 4 is 0 Å². The number of benzene rings is 1. The van der Waals surface area contributed by atoms with Crippen LogP contribution in [0.1, 0.15) is 18.5 Å². The zero-order valence-corrected chi connectivity index (χ0v) is 12.1. The Hall–Kier alpha value is -2.07. The maximum atomic E-state index is 7.85. The van der Waals surface area contributed by atoms with Crippen LogP contribution in [0, 0.1) is 6.92 Å². The fraction of sp³-hybridized carbons (Fsp3) is 0.353. The number of pyridine rings is 1. The van der Waals surface area contributed by atoms with Gasteiger partial charge >= 0.3 is 0 Å². The molecule has 0 spiro atoms. The van der Waals surface area contributed by atoms with Gasteiger partial charge in [0, 0.05) is 41.9 Å². The highest BCUT2D eigenvalue weighted by atomic mass is 16.5. The lowest BCUT2D eigenvalue weighted by molar-refractivity contribution is 0.0257. The van der Waals surface area contributed by atoms with Crippen molar-refractivity contribution in [3.8, 4) is 22.6 Å². The Bertz CT molecular complexity index is 621. The minimum atomic E-state index is 0.163. The van der Waals surface area contributed by atoms with Gasteiger partial charge in [-0.3, -0.25) is 4.98 Å². The molecule has 1 aromatic carbocycles. The minimum absolute atomic E-state index is 0.163. The summed E-state index contributed by atoms with van der Waals surface area (Å²) in [7, 11) is 0. The highest BCUT2D eigenvalue weighted by Gasteiger charge is 2.19. The monoisotopic (exact) mass is 286 g/mol. The van der Waals surface area contributed by atoms with Gasteiger partial charge in [-0.25, -0.2) is 0 Å². The summed E-state index contributed by atoms with van der Waals surface area (Å²) in [5.74, 6) is 1.23. The number of aromatic nitrogens is 1. The van der Waals surface area contributed by atoms with Crippen molar-refractivity contribution in [1.82, 2.24) is 4.98 Å². The summed E-state index contributed by atoms with van der Waals surface area (Å²) in [5.41, 5.74) is 3.02. The topological polar surface area (TPSA) is 54.2 Å². The fourth-order valence-corrected chi connectivity index (χ4v) is 2.58. The van der Waals surface area contributed by atoms with Crippen molar-refractivity contribution in [2.75, 3.05) is 13.2 Å². The molecule has 0 saturated carbocycles. The van der Waals surface area contributed by atoms with E-state index in [0.29, 0.717) is 5.75 Å². The Balaban J connectivity index is 1.95. The maximum Gasteiger partial charge on any atom is 0.257 e. The molecule has 1 aromatic heterocycles. The molecule has 110 valence electrons. The van der Waals surface area contributed by atoms with E-state index in [1.165, 1.54) is 0 Å². The van der Waals surface area contributed by atoms with Crippen LogP contribution in [0.5, 0.6) is 11.5 Å². The van der Waals surface area contributed by atoms with E-state index in [1.807, 2.05) is 25.1 Å². The van der Waals surface area contributed by atoms with Gasteiger partial charge in [0.1, 0.15) is 11.9 Å². The van der Waals surface area contributed by atoms with Gasteiger partial charge in [0.05, 0.1) is 19.3 Å². The van der Waals surface area contributed by atoms with Crippen LogP contribution in [0.2, 0.25) is 0 Å². The van der Waals surface area contributed by atoms with E-state index in [-0.39, 0.29) is 6.10 Å². The molecule has 4 nitrogen and oxygen atoms in total. The molecule has 0 aliphatic carbocycles. The average Bonchev–Trinajstić information content (AvgIpc) is 2.50. The first-order valence-corrected chi connectivity index (χ1v) is 7.26. The summed E-state index contributed by atoms with van der Waals surface area (Å²) >= 11 is 0. The van der Waals surface area contributed by atoms with Crippen molar-refractivity contribution in [2.45, 2.75) is 25.9 Å². The lowest BCUT2D eigenvalue weighted by Crippen LogP contribution is -2.26. The average molecular weight is 286 g/mol.